The van der Waals surface area contributed by atoms with Crippen LogP contribution in [0.4, 0.5) is 0 Å². The summed E-state index contributed by atoms with van der Waals surface area (Å²) in [5, 5.41) is 18.2. The van der Waals surface area contributed by atoms with Crippen molar-refractivity contribution in [3.63, 3.8) is 0 Å². The minimum absolute atomic E-state index is 0.280. The Balaban J connectivity index is 2.70. The molecule has 0 saturated carbocycles. The Kier molecular flexibility index (Phi) is 3.90. The molecule has 0 aliphatic carbocycles. The third kappa shape index (κ3) is 2.59. The molecule has 0 aromatic carbocycles. The fraction of sp³-hybridized carbons (Fsp3) is 0.667. The molecule has 0 aromatic heterocycles. The van der Waals surface area contributed by atoms with Gasteiger partial charge in [-0.05, 0) is 19.8 Å². The lowest BCUT2D eigenvalue weighted by Crippen LogP contribution is -2.51. The lowest BCUT2D eigenvalue weighted by molar-refractivity contribution is -0.131. The average molecular weight is 212 g/mol. The molecule has 1 heterocycles. The van der Waals surface area contributed by atoms with Crippen LogP contribution in [0, 0.1) is 0 Å². The quantitative estimate of drug-likeness (QED) is 0.409. The molecule has 0 aromatic rings. The van der Waals surface area contributed by atoms with E-state index in [9.17, 15) is 4.79 Å². The van der Waals surface area contributed by atoms with E-state index in [0.717, 1.165) is 6.42 Å². The molecule has 0 unspecified atom stereocenters. The van der Waals surface area contributed by atoms with Gasteiger partial charge in [-0.1, -0.05) is 12.2 Å². The second-order valence-corrected chi connectivity index (χ2v) is 3.98. The monoisotopic (exact) mass is 212 g/mol. The Labute approximate surface area is 89.7 Å². The zero-order valence-corrected chi connectivity index (χ0v) is 8.89. The van der Waals surface area contributed by atoms with E-state index in [4.69, 9.17) is 15.8 Å². The molecule has 1 aliphatic heterocycles. The summed E-state index contributed by atoms with van der Waals surface area (Å²) in [6, 6.07) is -0.746. The largest absolute Gasteiger partial charge is 0.475 e. The third-order valence-corrected chi connectivity index (χ3v) is 2.72. The van der Waals surface area contributed by atoms with Crippen molar-refractivity contribution in [3.8, 4) is 0 Å². The van der Waals surface area contributed by atoms with Crippen molar-refractivity contribution >= 4 is 13.0 Å². The molecular weight excluding hydrogens is 195 g/mol. The molecular formula is C9H17BN2O3. The number of hydrogen-bond donors (Lipinski definition) is 3. The van der Waals surface area contributed by atoms with Crippen LogP contribution in [0.15, 0.2) is 12.2 Å². The van der Waals surface area contributed by atoms with Crippen LogP contribution in [0.5, 0.6) is 0 Å². The van der Waals surface area contributed by atoms with E-state index in [1.54, 1.807) is 6.92 Å². The summed E-state index contributed by atoms with van der Waals surface area (Å²) in [6.45, 7) is 5.83. The van der Waals surface area contributed by atoms with E-state index in [0.29, 0.717) is 18.5 Å². The molecule has 4 N–H and O–H groups in total. The molecule has 1 rings (SSSR count). The number of nitrogens with two attached hydrogens (primary N) is 1. The predicted molar refractivity (Wildman–Crippen MR) is 57.7 cm³/mol. The average Bonchev–Trinajstić information content (AvgIpc) is 2.63. The van der Waals surface area contributed by atoms with Crippen LogP contribution in [0.3, 0.4) is 0 Å². The highest BCUT2D eigenvalue weighted by Gasteiger charge is 2.38. The van der Waals surface area contributed by atoms with Crippen LogP contribution < -0.4 is 5.73 Å². The minimum atomic E-state index is -1.49. The fourth-order valence-electron chi connectivity index (χ4n) is 1.77. The van der Waals surface area contributed by atoms with Crippen molar-refractivity contribution in [2.24, 2.45) is 5.73 Å². The first-order valence-corrected chi connectivity index (χ1v) is 5.02. The maximum absolute atomic E-state index is 11.8. The zero-order valence-electron chi connectivity index (χ0n) is 8.89. The van der Waals surface area contributed by atoms with Crippen molar-refractivity contribution in [1.82, 2.24) is 4.90 Å². The van der Waals surface area contributed by atoms with Gasteiger partial charge in [0.1, 0.15) is 6.04 Å². The first kappa shape index (κ1) is 12.2. The number of amides is 1. The molecule has 6 heteroatoms. The second-order valence-electron chi connectivity index (χ2n) is 3.98. The molecule has 1 amide bonds. The van der Waals surface area contributed by atoms with Gasteiger partial charge < -0.3 is 20.7 Å². The fourth-order valence-corrected chi connectivity index (χ4v) is 1.77. The standard InChI is InChI=1S/C9H17BN2O3/c1-6(2)8(11)9(13)12-5-3-4-7(12)10(14)15/h7-8,14-15H,1,3-5,11H2,2H3/t7-,8-/m0/s1. The zero-order chi connectivity index (χ0) is 11.6. The summed E-state index contributed by atoms with van der Waals surface area (Å²) < 4.78 is 0. The van der Waals surface area contributed by atoms with Crippen LogP contribution in [-0.2, 0) is 4.79 Å². The Morgan fingerprint density at radius 2 is 2.27 bits per heavy atom. The molecule has 84 valence electrons. The number of carbonyl (C=O) groups excluding carboxylic acids is 1. The first-order valence-electron chi connectivity index (χ1n) is 5.02. The molecule has 2 atom stereocenters. The highest BCUT2D eigenvalue weighted by atomic mass is 16.4. The Morgan fingerprint density at radius 1 is 1.67 bits per heavy atom. The molecule has 0 bridgehead atoms. The second kappa shape index (κ2) is 4.78. The molecule has 1 saturated heterocycles. The summed E-state index contributed by atoms with van der Waals surface area (Å²) in [5.74, 6) is -0.805. The number of nitrogens with zero attached hydrogens (tertiary/aromatic N) is 1. The van der Waals surface area contributed by atoms with Crippen LogP contribution >= 0.6 is 0 Å². The molecule has 0 spiro atoms. The maximum Gasteiger partial charge on any atom is 0.475 e. The van der Waals surface area contributed by atoms with E-state index >= 15 is 0 Å². The van der Waals surface area contributed by atoms with E-state index in [1.165, 1.54) is 4.90 Å². The van der Waals surface area contributed by atoms with E-state index in [2.05, 4.69) is 6.58 Å². The van der Waals surface area contributed by atoms with Gasteiger partial charge >= 0.3 is 7.12 Å². The van der Waals surface area contributed by atoms with Gasteiger partial charge in [-0.3, -0.25) is 4.79 Å². The SMILES string of the molecule is C=C(C)[C@H](N)C(=O)N1CCC[C@H]1B(O)O. The van der Waals surface area contributed by atoms with Gasteiger partial charge in [-0.2, -0.15) is 0 Å². The van der Waals surface area contributed by atoms with Gasteiger partial charge in [0.15, 0.2) is 0 Å². The van der Waals surface area contributed by atoms with Crippen molar-refractivity contribution in [3.05, 3.63) is 12.2 Å². The summed E-state index contributed by atoms with van der Waals surface area (Å²) in [5.41, 5.74) is 6.23. The van der Waals surface area contributed by atoms with Crippen LogP contribution in [0.25, 0.3) is 0 Å². The van der Waals surface area contributed by atoms with Crippen LogP contribution in [0.2, 0.25) is 0 Å². The van der Waals surface area contributed by atoms with Crippen molar-refractivity contribution in [1.29, 1.82) is 0 Å². The van der Waals surface area contributed by atoms with Gasteiger partial charge in [-0.25, -0.2) is 0 Å². The summed E-state index contributed by atoms with van der Waals surface area (Å²) in [6.07, 6.45) is 1.38. The summed E-state index contributed by atoms with van der Waals surface area (Å²) in [7, 11) is -1.49. The van der Waals surface area contributed by atoms with Gasteiger partial charge in [0.25, 0.3) is 0 Å². The van der Waals surface area contributed by atoms with E-state index in [1.807, 2.05) is 0 Å². The lowest BCUT2D eigenvalue weighted by Gasteiger charge is -2.26. The minimum Gasteiger partial charge on any atom is -0.426 e. The molecule has 5 nitrogen and oxygen atoms in total. The van der Waals surface area contributed by atoms with Crippen LogP contribution in [-0.4, -0.2) is 46.5 Å². The molecule has 15 heavy (non-hydrogen) atoms. The smallest absolute Gasteiger partial charge is 0.426 e. The summed E-state index contributed by atoms with van der Waals surface area (Å²) >= 11 is 0. The molecule has 1 fully saturated rings. The number of rotatable bonds is 3. The number of hydrogen-bond acceptors (Lipinski definition) is 4. The first-order chi connectivity index (χ1) is 6.95. The highest BCUT2D eigenvalue weighted by molar-refractivity contribution is 6.43. The highest BCUT2D eigenvalue weighted by Crippen LogP contribution is 2.19. The van der Waals surface area contributed by atoms with Crippen molar-refractivity contribution in [2.45, 2.75) is 31.7 Å². The Hall–Kier alpha value is -0.845. The van der Waals surface area contributed by atoms with Crippen molar-refractivity contribution in [2.75, 3.05) is 6.54 Å². The van der Waals surface area contributed by atoms with Gasteiger partial charge in [0.2, 0.25) is 5.91 Å². The van der Waals surface area contributed by atoms with Crippen LogP contribution in [0.1, 0.15) is 19.8 Å². The Morgan fingerprint density at radius 3 is 2.73 bits per heavy atom. The normalized spacial score (nSPS) is 22.7. The van der Waals surface area contributed by atoms with E-state index < -0.39 is 19.1 Å². The molecule has 0 radical (unpaired) electrons. The van der Waals surface area contributed by atoms with Gasteiger partial charge in [0.05, 0.1) is 5.94 Å². The topological polar surface area (TPSA) is 86.8 Å². The predicted octanol–water partition coefficient (Wildman–Crippen LogP) is -1.11. The summed E-state index contributed by atoms with van der Waals surface area (Å²) in [4.78, 5) is 13.3. The van der Waals surface area contributed by atoms with Gasteiger partial charge in [0, 0.05) is 6.54 Å². The third-order valence-electron chi connectivity index (χ3n) is 2.72. The number of carbonyl (C=O) groups is 1. The lowest BCUT2D eigenvalue weighted by atomic mass is 9.77. The maximum atomic E-state index is 11.8. The van der Waals surface area contributed by atoms with Gasteiger partial charge in [-0.15, -0.1) is 0 Å². The molecule has 1 aliphatic rings. The Bertz CT molecular complexity index is 270. The van der Waals surface area contributed by atoms with E-state index in [-0.39, 0.29) is 5.91 Å². The van der Waals surface area contributed by atoms with Crippen molar-refractivity contribution < 1.29 is 14.8 Å². The number of likely N-dealkylation sites (tertiary alicyclic amines) is 1.